The van der Waals surface area contributed by atoms with E-state index in [0.717, 1.165) is 41.0 Å². The minimum Gasteiger partial charge on any atom is -0.397 e. The molecule has 3 aromatic carbocycles. The number of nitrogens with one attached hydrogen (secondary N) is 1. The lowest BCUT2D eigenvalue weighted by atomic mass is 9.49. The normalized spacial score (nSPS) is 25.8. The highest BCUT2D eigenvalue weighted by atomic mass is 16.1. The van der Waals surface area contributed by atoms with E-state index in [1.807, 2.05) is 54.6 Å². The van der Waals surface area contributed by atoms with Crippen LogP contribution >= 0.6 is 0 Å². The summed E-state index contributed by atoms with van der Waals surface area (Å²) in [4.78, 5) is 15.2. The van der Waals surface area contributed by atoms with Crippen LogP contribution in [0.3, 0.4) is 0 Å². The second kappa shape index (κ2) is 10.4. The van der Waals surface area contributed by atoms with E-state index in [9.17, 15) is 4.79 Å². The Morgan fingerprint density at radius 2 is 1.58 bits per heavy atom. The Morgan fingerprint density at radius 3 is 2.24 bits per heavy atom. The molecular formula is C34H39N3O. The summed E-state index contributed by atoms with van der Waals surface area (Å²) in [6, 6.07) is 24.4. The Bertz CT molecular complexity index is 1280. The third kappa shape index (κ3) is 5.56. The molecule has 38 heavy (non-hydrogen) atoms. The van der Waals surface area contributed by atoms with Gasteiger partial charge < -0.3 is 16.0 Å². The predicted molar refractivity (Wildman–Crippen MR) is 157 cm³/mol. The van der Waals surface area contributed by atoms with Crippen molar-refractivity contribution in [3.8, 4) is 11.1 Å². The van der Waals surface area contributed by atoms with Crippen LogP contribution in [0.25, 0.3) is 17.2 Å². The van der Waals surface area contributed by atoms with Crippen LogP contribution in [0, 0.1) is 23.2 Å². The number of carbonyl (C=O) groups excluding carboxylic acids is 1. The first-order valence-electron chi connectivity index (χ1n) is 14.1. The molecule has 0 spiro atoms. The average Bonchev–Trinajstić information content (AvgIpc) is 2.89. The van der Waals surface area contributed by atoms with Crippen LogP contribution in [0.2, 0.25) is 0 Å². The summed E-state index contributed by atoms with van der Waals surface area (Å²) >= 11 is 0. The molecule has 4 aliphatic carbocycles. The Labute approximate surface area is 226 Å². The van der Waals surface area contributed by atoms with Gasteiger partial charge in [0.25, 0.3) is 0 Å². The van der Waals surface area contributed by atoms with E-state index in [2.05, 4.69) is 41.5 Å². The smallest absolute Gasteiger partial charge is 0.248 e. The molecule has 0 saturated heterocycles. The number of nitrogens with two attached hydrogens (primary N) is 1. The molecule has 4 bridgehead atoms. The fourth-order valence-electron chi connectivity index (χ4n) is 7.98. The van der Waals surface area contributed by atoms with E-state index in [-0.39, 0.29) is 5.91 Å². The highest BCUT2D eigenvalue weighted by Crippen LogP contribution is 2.60. The first kappa shape index (κ1) is 24.9. The fraction of sp³-hybridized carbons (Fsp3) is 0.382. The Hall–Kier alpha value is -3.37. The molecule has 196 valence electrons. The van der Waals surface area contributed by atoms with Gasteiger partial charge in [-0.1, -0.05) is 60.7 Å². The fourth-order valence-corrected chi connectivity index (χ4v) is 7.98. The van der Waals surface area contributed by atoms with Gasteiger partial charge in [-0.3, -0.25) is 4.79 Å². The highest BCUT2D eigenvalue weighted by molar-refractivity contribution is 6.04. The number of hydrogen-bond acceptors (Lipinski definition) is 3. The standard InChI is InChI=1S/C34H39N3O/c1-37(23-34-19-26-15-27(20-34)17-28(16-26)21-34)22-25-9-7-24(8-10-25)11-14-33(38)36-32-18-30(12-13-31(32)35)29-5-3-2-4-6-29/h2-14,18,26-28H,15-17,19-23,35H2,1H3,(H,36,38)/b14-11+. The maximum atomic E-state index is 12.6. The van der Waals surface area contributed by atoms with Crippen molar-refractivity contribution in [2.24, 2.45) is 23.2 Å². The lowest BCUT2D eigenvalue weighted by Gasteiger charge is -2.57. The molecule has 0 radical (unpaired) electrons. The van der Waals surface area contributed by atoms with Gasteiger partial charge in [-0.25, -0.2) is 0 Å². The number of carbonyl (C=O) groups is 1. The number of benzene rings is 3. The number of anilines is 2. The van der Waals surface area contributed by atoms with Crippen molar-refractivity contribution in [1.29, 1.82) is 0 Å². The summed E-state index contributed by atoms with van der Waals surface area (Å²) in [7, 11) is 2.29. The minimum atomic E-state index is -0.193. The molecule has 3 N–H and O–H groups in total. The summed E-state index contributed by atoms with van der Waals surface area (Å²) in [5.74, 6) is 2.81. The first-order valence-corrected chi connectivity index (χ1v) is 14.1. The van der Waals surface area contributed by atoms with Gasteiger partial charge in [0.15, 0.2) is 0 Å². The van der Waals surface area contributed by atoms with Gasteiger partial charge in [-0.2, -0.15) is 0 Å². The van der Waals surface area contributed by atoms with Crippen molar-refractivity contribution in [1.82, 2.24) is 4.90 Å². The van der Waals surface area contributed by atoms with E-state index < -0.39 is 0 Å². The van der Waals surface area contributed by atoms with E-state index in [1.165, 1.54) is 50.6 Å². The van der Waals surface area contributed by atoms with Crippen molar-refractivity contribution in [2.45, 2.75) is 45.1 Å². The molecule has 1 amide bonds. The molecule has 4 fully saturated rings. The lowest BCUT2D eigenvalue weighted by molar-refractivity contribution is -0.111. The van der Waals surface area contributed by atoms with E-state index in [0.29, 0.717) is 16.8 Å². The maximum absolute atomic E-state index is 12.6. The molecule has 4 heteroatoms. The molecule has 4 aliphatic rings. The summed E-state index contributed by atoms with van der Waals surface area (Å²) in [5.41, 5.74) is 12.3. The Balaban J connectivity index is 1.04. The summed E-state index contributed by atoms with van der Waals surface area (Å²) in [6.45, 7) is 2.20. The van der Waals surface area contributed by atoms with Crippen LogP contribution in [0.4, 0.5) is 11.4 Å². The van der Waals surface area contributed by atoms with E-state index >= 15 is 0 Å². The summed E-state index contributed by atoms with van der Waals surface area (Å²) in [5, 5.41) is 2.93. The topological polar surface area (TPSA) is 58.4 Å². The monoisotopic (exact) mass is 505 g/mol. The predicted octanol–water partition coefficient (Wildman–Crippen LogP) is 7.24. The molecular weight excluding hydrogens is 466 g/mol. The van der Waals surface area contributed by atoms with Crippen LogP contribution < -0.4 is 11.1 Å². The van der Waals surface area contributed by atoms with Crippen LogP contribution in [-0.2, 0) is 11.3 Å². The van der Waals surface area contributed by atoms with Crippen molar-refractivity contribution >= 4 is 23.4 Å². The molecule has 4 saturated carbocycles. The quantitative estimate of drug-likeness (QED) is 0.251. The molecule has 0 heterocycles. The first-order chi connectivity index (χ1) is 18.4. The van der Waals surface area contributed by atoms with Crippen LogP contribution in [0.1, 0.15) is 49.7 Å². The van der Waals surface area contributed by atoms with Gasteiger partial charge in [0.1, 0.15) is 0 Å². The van der Waals surface area contributed by atoms with Crippen molar-refractivity contribution in [3.63, 3.8) is 0 Å². The third-order valence-electron chi connectivity index (χ3n) is 9.05. The minimum absolute atomic E-state index is 0.193. The number of amides is 1. The van der Waals surface area contributed by atoms with Gasteiger partial charge in [0.2, 0.25) is 5.91 Å². The van der Waals surface area contributed by atoms with Crippen LogP contribution in [0.5, 0.6) is 0 Å². The molecule has 0 aliphatic heterocycles. The van der Waals surface area contributed by atoms with Gasteiger partial charge in [0.05, 0.1) is 11.4 Å². The van der Waals surface area contributed by atoms with Crippen LogP contribution in [-0.4, -0.2) is 24.4 Å². The van der Waals surface area contributed by atoms with Crippen molar-refractivity contribution in [3.05, 3.63) is 90.0 Å². The molecule has 0 atom stereocenters. The number of rotatable bonds is 8. The number of nitrogen functional groups attached to an aromatic ring is 1. The zero-order chi connectivity index (χ0) is 26.1. The van der Waals surface area contributed by atoms with E-state index in [4.69, 9.17) is 5.73 Å². The van der Waals surface area contributed by atoms with Gasteiger partial charge in [-0.05, 0) is 109 Å². The maximum Gasteiger partial charge on any atom is 0.248 e. The largest absolute Gasteiger partial charge is 0.397 e. The molecule has 7 rings (SSSR count). The Morgan fingerprint density at radius 1 is 0.921 bits per heavy atom. The van der Waals surface area contributed by atoms with Gasteiger partial charge in [0, 0.05) is 19.2 Å². The second-order valence-corrected chi connectivity index (χ2v) is 12.3. The van der Waals surface area contributed by atoms with Crippen molar-refractivity contribution < 1.29 is 4.79 Å². The van der Waals surface area contributed by atoms with E-state index in [1.54, 1.807) is 6.08 Å². The molecule has 0 aromatic heterocycles. The molecule has 0 unspecified atom stereocenters. The number of nitrogens with zero attached hydrogens (tertiary/aromatic N) is 1. The summed E-state index contributed by atoms with van der Waals surface area (Å²) in [6.07, 6.45) is 12.3. The Kier molecular flexibility index (Phi) is 6.84. The SMILES string of the molecule is CN(Cc1ccc(/C=C/C(=O)Nc2cc(-c3ccccc3)ccc2N)cc1)CC12CC3CC(CC(C3)C1)C2. The molecule has 3 aromatic rings. The third-order valence-corrected chi connectivity index (χ3v) is 9.05. The highest BCUT2D eigenvalue weighted by Gasteiger charge is 2.50. The zero-order valence-corrected chi connectivity index (χ0v) is 22.4. The lowest BCUT2D eigenvalue weighted by Crippen LogP contribution is -2.50. The summed E-state index contributed by atoms with van der Waals surface area (Å²) < 4.78 is 0. The van der Waals surface area contributed by atoms with Gasteiger partial charge >= 0.3 is 0 Å². The zero-order valence-electron chi connectivity index (χ0n) is 22.4. The van der Waals surface area contributed by atoms with Crippen LogP contribution in [0.15, 0.2) is 78.9 Å². The van der Waals surface area contributed by atoms with Crippen molar-refractivity contribution in [2.75, 3.05) is 24.6 Å². The average molecular weight is 506 g/mol. The number of hydrogen-bond donors (Lipinski definition) is 2. The second-order valence-electron chi connectivity index (χ2n) is 12.3. The van der Waals surface area contributed by atoms with Gasteiger partial charge in [-0.15, -0.1) is 0 Å². The molecule has 4 nitrogen and oxygen atoms in total.